The van der Waals surface area contributed by atoms with Gasteiger partial charge in [-0.2, -0.15) is 4.98 Å². The summed E-state index contributed by atoms with van der Waals surface area (Å²) in [5.74, 6) is 1.40. The topological polar surface area (TPSA) is 86.0 Å². The summed E-state index contributed by atoms with van der Waals surface area (Å²) in [6, 6.07) is 7.39. The number of aromatic nitrogens is 3. The van der Waals surface area contributed by atoms with Crippen LogP contribution in [0, 0.1) is 0 Å². The van der Waals surface area contributed by atoms with Crippen LogP contribution in [-0.2, 0) is 0 Å². The Balaban J connectivity index is 1.84. The maximum Gasteiger partial charge on any atom is 0.248 e. The molecule has 21 heavy (non-hydrogen) atoms. The lowest BCUT2D eigenvalue weighted by Gasteiger charge is -2.10. The number of anilines is 3. The molecule has 0 aliphatic rings. The van der Waals surface area contributed by atoms with Gasteiger partial charge in [-0.05, 0) is 24.3 Å². The van der Waals surface area contributed by atoms with Gasteiger partial charge in [0.15, 0.2) is 10.9 Å². The van der Waals surface area contributed by atoms with Gasteiger partial charge >= 0.3 is 0 Å². The largest absolute Gasteiger partial charge is 0.437 e. The Morgan fingerprint density at radius 1 is 1.14 bits per heavy atom. The summed E-state index contributed by atoms with van der Waals surface area (Å²) in [6.07, 6.45) is 3.09. The van der Waals surface area contributed by atoms with E-state index in [9.17, 15) is 0 Å². The highest BCUT2D eigenvalue weighted by Gasteiger charge is 2.11. The second-order valence-corrected chi connectivity index (χ2v) is 5.77. The zero-order valence-electron chi connectivity index (χ0n) is 10.7. The molecule has 0 amide bonds. The van der Waals surface area contributed by atoms with Crippen molar-refractivity contribution in [1.29, 1.82) is 0 Å². The lowest BCUT2D eigenvalue weighted by Crippen LogP contribution is -2.02. The molecule has 0 unspecified atom stereocenters. The number of benzene rings is 1. The average Bonchev–Trinajstić information content (AvgIpc) is 2.99. The van der Waals surface area contributed by atoms with E-state index in [0.717, 1.165) is 4.47 Å². The number of nitrogen functional groups attached to an aromatic ring is 1. The maximum atomic E-state index is 6.03. The van der Waals surface area contributed by atoms with E-state index in [2.05, 4.69) is 36.2 Å². The molecule has 106 valence electrons. The minimum atomic E-state index is 0.298. The van der Waals surface area contributed by atoms with E-state index in [4.69, 9.17) is 10.5 Å². The van der Waals surface area contributed by atoms with Crippen molar-refractivity contribution in [1.82, 2.24) is 15.0 Å². The maximum absolute atomic E-state index is 6.03. The number of hydrogen-bond acceptors (Lipinski definition) is 7. The molecule has 2 aromatic heterocycles. The quantitative estimate of drug-likeness (QED) is 0.732. The summed E-state index contributed by atoms with van der Waals surface area (Å²) in [6.45, 7) is 0. The van der Waals surface area contributed by atoms with E-state index in [1.807, 2.05) is 29.6 Å². The molecular formula is C13H10BrN5OS. The highest BCUT2D eigenvalue weighted by Crippen LogP contribution is 2.31. The molecule has 0 radical (unpaired) electrons. The molecule has 3 aromatic rings. The second kappa shape index (κ2) is 6.06. The van der Waals surface area contributed by atoms with Crippen LogP contribution in [-0.4, -0.2) is 15.0 Å². The fraction of sp³-hybridized carbons (Fsp3) is 0. The predicted molar refractivity (Wildman–Crippen MR) is 86.1 cm³/mol. The number of nitrogens with two attached hydrogens (primary N) is 1. The molecule has 1 aromatic carbocycles. The third kappa shape index (κ3) is 3.29. The van der Waals surface area contributed by atoms with Crippen LogP contribution in [0.3, 0.4) is 0 Å². The predicted octanol–water partition coefficient (Wildman–Crippen LogP) is 3.81. The van der Waals surface area contributed by atoms with Crippen molar-refractivity contribution < 1.29 is 4.74 Å². The minimum Gasteiger partial charge on any atom is -0.437 e. The lowest BCUT2D eigenvalue weighted by atomic mass is 10.3. The number of rotatable bonds is 4. The Kier molecular flexibility index (Phi) is 3.98. The Morgan fingerprint density at radius 3 is 2.67 bits per heavy atom. The molecule has 0 fully saturated rings. The first-order valence-corrected chi connectivity index (χ1v) is 7.60. The van der Waals surface area contributed by atoms with Crippen LogP contribution in [0.2, 0.25) is 0 Å². The first-order valence-electron chi connectivity index (χ1n) is 5.93. The summed E-state index contributed by atoms with van der Waals surface area (Å²) in [5, 5.41) is 5.60. The standard InChI is InChI=1S/C13H10BrN5OS/c14-8-1-3-9(4-2-8)20-12-10(15)11(17-7-18-12)19-13-16-5-6-21-13/h1-7H,15H2,(H,16,17,18,19). The van der Waals surface area contributed by atoms with Crippen LogP contribution in [0.25, 0.3) is 0 Å². The first-order chi connectivity index (χ1) is 10.2. The normalized spacial score (nSPS) is 10.3. The Labute approximate surface area is 133 Å². The van der Waals surface area contributed by atoms with Gasteiger partial charge in [-0.3, -0.25) is 0 Å². The van der Waals surface area contributed by atoms with Gasteiger partial charge in [-0.25, -0.2) is 9.97 Å². The highest BCUT2D eigenvalue weighted by atomic mass is 79.9. The van der Waals surface area contributed by atoms with Crippen molar-refractivity contribution in [3.05, 3.63) is 46.6 Å². The lowest BCUT2D eigenvalue weighted by molar-refractivity contribution is 0.464. The zero-order valence-corrected chi connectivity index (χ0v) is 13.1. The van der Waals surface area contributed by atoms with E-state index >= 15 is 0 Å². The fourth-order valence-electron chi connectivity index (χ4n) is 1.56. The molecule has 0 bridgehead atoms. The molecule has 0 saturated heterocycles. The first kappa shape index (κ1) is 13.8. The third-order valence-corrected chi connectivity index (χ3v) is 3.75. The zero-order chi connectivity index (χ0) is 14.7. The van der Waals surface area contributed by atoms with Gasteiger partial charge in [0.2, 0.25) is 5.88 Å². The molecule has 3 N–H and O–H groups in total. The van der Waals surface area contributed by atoms with Crippen molar-refractivity contribution in [3.63, 3.8) is 0 Å². The molecule has 0 aliphatic heterocycles. The number of nitrogens with zero attached hydrogens (tertiary/aromatic N) is 3. The van der Waals surface area contributed by atoms with Crippen LogP contribution in [0.15, 0.2) is 46.6 Å². The van der Waals surface area contributed by atoms with Gasteiger partial charge in [-0.15, -0.1) is 11.3 Å². The smallest absolute Gasteiger partial charge is 0.248 e. The van der Waals surface area contributed by atoms with Crippen LogP contribution < -0.4 is 15.8 Å². The Morgan fingerprint density at radius 2 is 1.95 bits per heavy atom. The summed E-state index contributed by atoms with van der Waals surface area (Å²) >= 11 is 4.82. The third-order valence-electron chi connectivity index (χ3n) is 2.53. The van der Waals surface area contributed by atoms with Gasteiger partial charge in [-0.1, -0.05) is 15.9 Å². The molecule has 2 heterocycles. The van der Waals surface area contributed by atoms with E-state index in [-0.39, 0.29) is 0 Å². The van der Waals surface area contributed by atoms with Crippen molar-refractivity contribution in [3.8, 4) is 11.6 Å². The fourth-order valence-corrected chi connectivity index (χ4v) is 2.35. The molecule has 0 aliphatic carbocycles. The molecular weight excluding hydrogens is 354 g/mol. The molecule has 6 nitrogen and oxygen atoms in total. The highest BCUT2D eigenvalue weighted by molar-refractivity contribution is 9.10. The van der Waals surface area contributed by atoms with Gasteiger partial charge < -0.3 is 15.8 Å². The SMILES string of the molecule is Nc1c(Nc2nccs2)ncnc1Oc1ccc(Br)cc1. The van der Waals surface area contributed by atoms with Crippen LogP contribution in [0.1, 0.15) is 0 Å². The Bertz CT molecular complexity index is 733. The number of nitrogens with one attached hydrogen (secondary N) is 1. The Hall–Kier alpha value is -2.19. The summed E-state index contributed by atoms with van der Waals surface area (Å²) < 4.78 is 6.64. The van der Waals surface area contributed by atoms with Crippen molar-refractivity contribution in [2.75, 3.05) is 11.1 Å². The van der Waals surface area contributed by atoms with Crippen molar-refractivity contribution in [2.45, 2.75) is 0 Å². The van der Waals surface area contributed by atoms with E-state index in [1.54, 1.807) is 6.20 Å². The molecule has 0 atom stereocenters. The van der Waals surface area contributed by atoms with E-state index < -0.39 is 0 Å². The average molecular weight is 364 g/mol. The molecule has 8 heteroatoms. The second-order valence-electron chi connectivity index (χ2n) is 3.96. The van der Waals surface area contributed by atoms with Gasteiger partial charge in [0.05, 0.1) is 0 Å². The summed E-state index contributed by atoms with van der Waals surface area (Å²) in [4.78, 5) is 12.3. The number of ether oxygens (including phenoxy) is 1. The van der Waals surface area contributed by atoms with Gasteiger partial charge in [0.1, 0.15) is 17.8 Å². The molecule has 0 saturated carbocycles. The van der Waals surface area contributed by atoms with Crippen LogP contribution in [0.4, 0.5) is 16.6 Å². The monoisotopic (exact) mass is 363 g/mol. The number of thiazole rings is 1. The molecule has 0 spiro atoms. The van der Waals surface area contributed by atoms with Crippen LogP contribution in [0.5, 0.6) is 11.6 Å². The summed E-state index contributed by atoms with van der Waals surface area (Å²) in [5.41, 5.74) is 6.36. The van der Waals surface area contributed by atoms with Crippen molar-refractivity contribution in [2.24, 2.45) is 0 Å². The minimum absolute atomic E-state index is 0.298. The molecule has 3 rings (SSSR count). The van der Waals surface area contributed by atoms with E-state index in [0.29, 0.717) is 28.3 Å². The number of halogens is 1. The van der Waals surface area contributed by atoms with Gasteiger partial charge in [0.25, 0.3) is 0 Å². The number of hydrogen-bond donors (Lipinski definition) is 2. The van der Waals surface area contributed by atoms with E-state index in [1.165, 1.54) is 17.7 Å². The summed E-state index contributed by atoms with van der Waals surface area (Å²) in [7, 11) is 0. The van der Waals surface area contributed by atoms with Crippen LogP contribution >= 0.6 is 27.3 Å². The van der Waals surface area contributed by atoms with Gasteiger partial charge in [0, 0.05) is 16.0 Å². The van der Waals surface area contributed by atoms with Crippen molar-refractivity contribution >= 4 is 43.9 Å².